The number of nitrogens with one attached hydrogen (secondary N) is 2. The van der Waals surface area contributed by atoms with Crippen LogP contribution in [0.3, 0.4) is 0 Å². The molecule has 0 radical (unpaired) electrons. The Morgan fingerprint density at radius 1 is 1.35 bits per heavy atom. The Balaban J connectivity index is 3.64. The highest BCUT2D eigenvalue weighted by Gasteiger charge is 2.16. The van der Waals surface area contributed by atoms with Crippen molar-refractivity contribution in [1.29, 1.82) is 5.26 Å². The third-order valence-electron chi connectivity index (χ3n) is 2.71. The zero-order chi connectivity index (χ0) is 13.1. The van der Waals surface area contributed by atoms with Gasteiger partial charge in [-0.1, -0.05) is 40.0 Å². The number of unbranched alkanes of at least 4 members (excludes halogenated alkanes) is 2. The maximum atomic E-state index is 11.2. The van der Waals surface area contributed by atoms with E-state index in [4.69, 9.17) is 5.26 Å². The van der Waals surface area contributed by atoms with Gasteiger partial charge in [0.25, 0.3) is 0 Å². The number of amides is 1. The highest BCUT2D eigenvalue weighted by atomic mass is 16.1. The van der Waals surface area contributed by atoms with Gasteiger partial charge in [-0.15, -0.1) is 0 Å². The molecule has 0 aliphatic heterocycles. The molecule has 0 aromatic heterocycles. The molecule has 0 aliphatic carbocycles. The van der Waals surface area contributed by atoms with Crippen molar-refractivity contribution in [3.05, 3.63) is 0 Å². The second-order valence-electron chi connectivity index (χ2n) is 5.16. The molecule has 2 N–H and O–H groups in total. The minimum absolute atomic E-state index is 0.0837. The Kier molecular flexibility index (Phi) is 8.43. The zero-order valence-electron chi connectivity index (χ0n) is 11.3. The Labute approximate surface area is 105 Å². The fourth-order valence-electron chi connectivity index (χ4n) is 1.66. The van der Waals surface area contributed by atoms with E-state index < -0.39 is 0 Å². The SMILES string of the molecule is CCCCCC(C)(C)CNCC(=O)NCC#N. The molecule has 0 saturated carbocycles. The van der Waals surface area contributed by atoms with Crippen LogP contribution < -0.4 is 10.6 Å². The quantitative estimate of drug-likeness (QED) is 0.476. The summed E-state index contributed by atoms with van der Waals surface area (Å²) in [6.07, 6.45) is 4.92. The van der Waals surface area contributed by atoms with E-state index in [1.807, 2.05) is 6.07 Å². The van der Waals surface area contributed by atoms with E-state index in [1.54, 1.807) is 0 Å². The van der Waals surface area contributed by atoms with E-state index >= 15 is 0 Å². The third kappa shape index (κ3) is 9.83. The van der Waals surface area contributed by atoms with Crippen LogP contribution in [0.25, 0.3) is 0 Å². The van der Waals surface area contributed by atoms with Crippen LogP contribution in [-0.4, -0.2) is 25.5 Å². The number of hydrogen-bond donors (Lipinski definition) is 2. The molecular weight excluding hydrogens is 214 g/mol. The molecule has 0 aromatic carbocycles. The first kappa shape index (κ1) is 15.9. The smallest absolute Gasteiger partial charge is 0.234 e. The summed E-state index contributed by atoms with van der Waals surface area (Å²) in [5.74, 6) is -0.115. The topological polar surface area (TPSA) is 64.9 Å². The first-order valence-corrected chi connectivity index (χ1v) is 6.36. The Morgan fingerprint density at radius 2 is 2.06 bits per heavy atom. The van der Waals surface area contributed by atoms with Gasteiger partial charge in [0.1, 0.15) is 6.54 Å². The van der Waals surface area contributed by atoms with Crippen molar-refractivity contribution in [3.63, 3.8) is 0 Å². The lowest BCUT2D eigenvalue weighted by molar-refractivity contribution is -0.120. The van der Waals surface area contributed by atoms with Gasteiger partial charge in [-0.25, -0.2) is 0 Å². The molecule has 0 atom stereocenters. The van der Waals surface area contributed by atoms with Crippen molar-refractivity contribution in [2.75, 3.05) is 19.6 Å². The average molecular weight is 239 g/mol. The molecule has 4 nitrogen and oxygen atoms in total. The van der Waals surface area contributed by atoms with E-state index in [0.29, 0.717) is 6.54 Å². The monoisotopic (exact) mass is 239 g/mol. The Morgan fingerprint density at radius 3 is 2.65 bits per heavy atom. The van der Waals surface area contributed by atoms with Crippen LogP contribution in [0, 0.1) is 16.7 Å². The van der Waals surface area contributed by atoms with Gasteiger partial charge in [-0.3, -0.25) is 4.79 Å². The maximum Gasteiger partial charge on any atom is 0.234 e. The molecule has 0 saturated heterocycles. The van der Waals surface area contributed by atoms with Crippen molar-refractivity contribution in [1.82, 2.24) is 10.6 Å². The molecule has 0 fully saturated rings. The van der Waals surface area contributed by atoms with E-state index in [0.717, 1.165) is 6.54 Å². The molecule has 0 rings (SSSR count). The van der Waals surface area contributed by atoms with Crippen LogP contribution in [-0.2, 0) is 4.79 Å². The summed E-state index contributed by atoms with van der Waals surface area (Å²) in [6.45, 7) is 7.83. The van der Waals surface area contributed by atoms with Gasteiger partial charge in [-0.05, 0) is 11.8 Å². The average Bonchev–Trinajstić information content (AvgIpc) is 2.26. The minimum Gasteiger partial charge on any atom is -0.342 e. The van der Waals surface area contributed by atoms with Gasteiger partial charge < -0.3 is 10.6 Å². The first-order chi connectivity index (χ1) is 8.02. The number of carbonyl (C=O) groups is 1. The van der Waals surface area contributed by atoms with Gasteiger partial charge in [0.2, 0.25) is 5.91 Å². The fourth-order valence-corrected chi connectivity index (χ4v) is 1.66. The van der Waals surface area contributed by atoms with E-state index in [9.17, 15) is 4.79 Å². The third-order valence-corrected chi connectivity index (χ3v) is 2.71. The second-order valence-corrected chi connectivity index (χ2v) is 5.16. The Bertz CT molecular complexity index is 256. The molecule has 0 bridgehead atoms. The van der Waals surface area contributed by atoms with Crippen molar-refractivity contribution >= 4 is 5.91 Å². The van der Waals surface area contributed by atoms with Crippen molar-refractivity contribution in [2.24, 2.45) is 5.41 Å². The molecule has 1 amide bonds. The highest BCUT2D eigenvalue weighted by molar-refractivity contribution is 5.78. The summed E-state index contributed by atoms with van der Waals surface area (Å²) in [7, 11) is 0. The molecule has 4 heteroatoms. The number of rotatable bonds is 9. The van der Waals surface area contributed by atoms with E-state index in [1.165, 1.54) is 25.7 Å². The number of hydrogen-bond acceptors (Lipinski definition) is 3. The van der Waals surface area contributed by atoms with Crippen molar-refractivity contribution < 1.29 is 4.79 Å². The molecule has 0 heterocycles. The number of nitriles is 1. The maximum absolute atomic E-state index is 11.2. The first-order valence-electron chi connectivity index (χ1n) is 6.36. The normalized spacial score (nSPS) is 10.9. The standard InChI is InChI=1S/C13H25N3O/c1-4-5-6-7-13(2,3)11-15-10-12(17)16-9-8-14/h15H,4-7,9-11H2,1-3H3,(H,16,17). The lowest BCUT2D eigenvalue weighted by Gasteiger charge is -2.24. The van der Waals surface area contributed by atoms with Crippen LogP contribution in [0.15, 0.2) is 0 Å². The van der Waals surface area contributed by atoms with Crippen LogP contribution in [0.1, 0.15) is 46.5 Å². The molecule has 0 aliphatic rings. The van der Waals surface area contributed by atoms with Gasteiger partial charge in [0.05, 0.1) is 12.6 Å². The molecule has 0 unspecified atom stereocenters. The van der Waals surface area contributed by atoms with Gasteiger partial charge >= 0.3 is 0 Å². The summed E-state index contributed by atoms with van der Waals surface area (Å²) in [6, 6.07) is 1.88. The van der Waals surface area contributed by atoms with Crippen LogP contribution in [0.5, 0.6) is 0 Å². The van der Waals surface area contributed by atoms with Crippen LogP contribution in [0.2, 0.25) is 0 Å². The second kappa shape index (κ2) is 9.00. The molecule has 0 spiro atoms. The van der Waals surface area contributed by atoms with Crippen molar-refractivity contribution in [3.8, 4) is 6.07 Å². The largest absolute Gasteiger partial charge is 0.342 e. The summed E-state index contributed by atoms with van der Waals surface area (Å²) < 4.78 is 0. The van der Waals surface area contributed by atoms with Crippen molar-refractivity contribution in [2.45, 2.75) is 46.5 Å². The summed E-state index contributed by atoms with van der Waals surface area (Å²) in [5, 5.41) is 14.0. The predicted molar refractivity (Wildman–Crippen MR) is 69.4 cm³/mol. The van der Waals surface area contributed by atoms with E-state index in [2.05, 4.69) is 31.4 Å². The fraction of sp³-hybridized carbons (Fsp3) is 0.846. The van der Waals surface area contributed by atoms with Gasteiger partial charge in [0.15, 0.2) is 0 Å². The van der Waals surface area contributed by atoms with Crippen LogP contribution >= 0.6 is 0 Å². The summed E-state index contributed by atoms with van der Waals surface area (Å²) >= 11 is 0. The zero-order valence-corrected chi connectivity index (χ0v) is 11.3. The van der Waals surface area contributed by atoms with Gasteiger partial charge in [0, 0.05) is 6.54 Å². The molecular formula is C13H25N3O. The van der Waals surface area contributed by atoms with Crippen LogP contribution in [0.4, 0.5) is 0 Å². The lowest BCUT2D eigenvalue weighted by Crippen LogP contribution is -2.38. The predicted octanol–water partition coefficient (Wildman–Crippen LogP) is 1.82. The molecule has 0 aromatic rings. The minimum atomic E-state index is -0.115. The van der Waals surface area contributed by atoms with Gasteiger partial charge in [-0.2, -0.15) is 5.26 Å². The van der Waals surface area contributed by atoms with E-state index in [-0.39, 0.29) is 17.9 Å². The number of nitrogens with zero attached hydrogens (tertiary/aromatic N) is 1. The summed E-state index contributed by atoms with van der Waals surface area (Å²) in [5.41, 5.74) is 0.227. The highest BCUT2D eigenvalue weighted by Crippen LogP contribution is 2.22. The Hall–Kier alpha value is -1.08. The summed E-state index contributed by atoms with van der Waals surface area (Å²) in [4.78, 5) is 11.2. The number of carbonyl (C=O) groups excluding carboxylic acids is 1. The lowest BCUT2D eigenvalue weighted by atomic mass is 9.87. The molecule has 17 heavy (non-hydrogen) atoms. The molecule has 98 valence electrons.